The fourth-order valence-electron chi connectivity index (χ4n) is 9.78. The van der Waals surface area contributed by atoms with Gasteiger partial charge in [0.2, 0.25) is 0 Å². The summed E-state index contributed by atoms with van der Waals surface area (Å²) >= 11 is 0. The minimum Gasteiger partial charge on any atom is -0.462 e. The summed E-state index contributed by atoms with van der Waals surface area (Å²) in [6, 6.07) is 0. The van der Waals surface area contributed by atoms with E-state index in [0.29, 0.717) is 19.3 Å². The number of ether oxygens (including phenoxy) is 3. The first-order valence-electron chi connectivity index (χ1n) is 34.2. The Bertz CT molecular complexity index is 1560. The third kappa shape index (κ3) is 65.1. The van der Waals surface area contributed by atoms with E-state index >= 15 is 0 Å². The highest BCUT2D eigenvalue weighted by molar-refractivity contribution is 5.71. The van der Waals surface area contributed by atoms with Crippen LogP contribution >= 0.6 is 0 Å². The molecule has 0 aliphatic carbocycles. The van der Waals surface area contributed by atoms with Crippen molar-refractivity contribution in [1.82, 2.24) is 0 Å². The van der Waals surface area contributed by atoms with Gasteiger partial charge in [0.1, 0.15) is 13.2 Å². The van der Waals surface area contributed by atoms with Crippen molar-refractivity contribution < 1.29 is 28.6 Å². The molecule has 6 heteroatoms. The van der Waals surface area contributed by atoms with Gasteiger partial charge in [0.25, 0.3) is 0 Å². The van der Waals surface area contributed by atoms with Crippen molar-refractivity contribution in [1.29, 1.82) is 0 Å². The van der Waals surface area contributed by atoms with Crippen molar-refractivity contribution in [3.8, 4) is 0 Å². The van der Waals surface area contributed by atoms with Crippen LogP contribution in [0.2, 0.25) is 0 Å². The highest BCUT2D eigenvalue weighted by Crippen LogP contribution is 2.17. The van der Waals surface area contributed by atoms with Crippen LogP contribution in [0.1, 0.15) is 335 Å². The second kappa shape index (κ2) is 67.8. The van der Waals surface area contributed by atoms with E-state index in [-0.39, 0.29) is 31.1 Å². The maximum absolute atomic E-state index is 12.9. The van der Waals surface area contributed by atoms with E-state index in [1.54, 1.807) is 0 Å². The second-order valence-corrected chi connectivity index (χ2v) is 22.7. The van der Waals surface area contributed by atoms with Crippen molar-refractivity contribution in [2.24, 2.45) is 0 Å². The zero-order valence-electron chi connectivity index (χ0n) is 52.8. The third-order valence-corrected chi connectivity index (χ3v) is 14.8. The number of hydrogen-bond acceptors (Lipinski definition) is 6. The second-order valence-electron chi connectivity index (χ2n) is 22.7. The Balaban J connectivity index is 4.18. The minimum absolute atomic E-state index is 0.0747. The Morgan fingerprint density at radius 3 is 0.762 bits per heavy atom. The molecule has 0 heterocycles. The van der Waals surface area contributed by atoms with Crippen LogP contribution in [-0.4, -0.2) is 37.2 Å². The Kier molecular flexibility index (Phi) is 64.7. The molecule has 0 saturated heterocycles. The standard InChI is InChI=1S/C74H128O6/c1-4-7-10-13-16-19-22-24-26-28-30-32-34-35-36-37-38-39-41-42-44-46-48-50-52-55-58-61-64-67-73(76)79-70-71(69-78-72(75)66-63-60-57-54-21-18-15-12-9-6-3)80-74(77)68-65-62-59-56-53-51-49-47-45-43-40-33-31-29-27-25-23-20-17-14-11-8-5-2/h7-8,10-11,16-17,19-20,24-27,30-33,71H,4-6,9,12-15,18,21-23,28-29,34-70H2,1-3H3/b10-7-,11-8-,19-16-,20-17-,26-24-,27-25-,32-30-,33-31-. The number of unbranched alkanes of at least 4 members (excludes halogenated alkanes) is 35. The molecule has 1 unspecified atom stereocenters. The molecule has 0 spiro atoms. The van der Waals surface area contributed by atoms with Crippen molar-refractivity contribution >= 4 is 17.9 Å². The highest BCUT2D eigenvalue weighted by atomic mass is 16.6. The van der Waals surface area contributed by atoms with Crippen LogP contribution in [0.5, 0.6) is 0 Å². The molecule has 0 aliphatic rings. The van der Waals surface area contributed by atoms with E-state index in [9.17, 15) is 14.4 Å². The first kappa shape index (κ1) is 76.3. The van der Waals surface area contributed by atoms with E-state index in [0.717, 1.165) is 109 Å². The molecule has 80 heavy (non-hydrogen) atoms. The predicted octanol–water partition coefficient (Wildman–Crippen LogP) is 23.6. The van der Waals surface area contributed by atoms with E-state index in [1.807, 2.05) is 0 Å². The number of allylic oxidation sites excluding steroid dienone is 16. The molecule has 0 N–H and O–H groups in total. The lowest BCUT2D eigenvalue weighted by molar-refractivity contribution is -0.167. The van der Waals surface area contributed by atoms with Crippen LogP contribution in [0.3, 0.4) is 0 Å². The smallest absolute Gasteiger partial charge is 0.306 e. The summed E-state index contributed by atoms with van der Waals surface area (Å²) < 4.78 is 16.9. The highest BCUT2D eigenvalue weighted by Gasteiger charge is 2.19. The van der Waals surface area contributed by atoms with Gasteiger partial charge < -0.3 is 14.2 Å². The fourth-order valence-corrected chi connectivity index (χ4v) is 9.78. The van der Waals surface area contributed by atoms with Crippen LogP contribution in [0.25, 0.3) is 0 Å². The fraction of sp³-hybridized carbons (Fsp3) is 0.743. The van der Waals surface area contributed by atoms with Gasteiger partial charge >= 0.3 is 17.9 Å². The first-order chi connectivity index (χ1) is 39.5. The van der Waals surface area contributed by atoms with Gasteiger partial charge in [0.15, 0.2) is 6.10 Å². The van der Waals surface area contributed by atoms with Gasteiger partial charge in [-0.1, -0.05) is 317 Å². The van der Waals surface area contributed by atoms with Crippen LogP contribution in [-0.2, 0) is 28.6 Å². The van der Waals surface area contributed by atoms with Gasteiger partial charge in [-0.05, 0) is 96.3 Å². The average molecular weight is 1110 g/mol. The van der Waals surface area contributed by atoms with E-state index in [2.05, 4.69) is 118 Å². The Labute approximate surface area is 496 Å². The number of carbonyl (C=O) groups is 3. The molecule has 0 aromatic rings. The lowest BCUT2D eigenvalue weighted by Crippen LogP contribution is -2.30. The first-order valence-corrected chi connectivity index (χ1v) is 34.2. The van der Waals surface area contributed by atoms with Crippen molar-refractivity contribution in [2.75, 3.05) is 13.2 Å². The number of esters is 3. The van der Waals surface area contributed by atoms with E-state index in [1.165, 1.54) is 186 Å². The summed E-state index contributed by atoms with van der Waals surface area (Å²) in [6.45, 7) is 6.44. The lowest BCUT2D eigenvalue weighted by atomic mass is 10.0. The lowest BCUT2D eigenvalue weighted by Gasteiger charge is -2.18. The van der Waals surface area contributed by atoms with Crippen LogP contribution < -0.4 is 0 Å². The molecule has 0 saturated carbocycles. The number of rotatable bonds is 62. The molecule has 1 atom stereocenters. The molecule has 0 bridgehead atoms. The summed E-state index contributed by atoms with van der Waals surface area (Å²) in [5.41, 5.74) is 0. The molecular weight excluding hydrogens is 985 g/mol. The van der Waals surface area contributed by atoms with Crippen LogP contribution in [0.4, 0.5) is 0 Å². The molecule has 0 fully saturated rings. The minimum atomic E-state index is -0.778. The van der Waals surface area contributed by atoms with Gasteiger partial charge in [-0.25, -0.2) is 0 Å². The van der Waals surface area contributed by atoms with Gasteiger partial charge in [-0.2, -0.15) is 0 Å². The van der Waals surface area contributed by atoms with Gasteiger partial charge in [-0.3, -0.25) is 14.4 Å². The molecule has 460 valence electrons. The zero-order valence-corrected chi connectivity index (χ0v) is 52.8. The van der Waals surface area contributed by atoms with Gasteiger partial charge in [0.05, 0.1) is 0 Å². The monoisotopic (exact) mass is 1110 g/mol. The molecule has 0 radical (unpaired) electrons. The predicted molar refractivity (Wildman–Crippen MR) is 348 cm³/mol. The maximum atomic E-state index is 12.9. The molecule has 0 aliphatic heterocycles. The van der Waals surface area contributed by atoms with Gasteiger partial charge in [-0.15, -0.1) is 0 Å². The average Bonchev–Trinajstić information content (AvgIpc) is 3.46. The SMILES string of the molecule is CC/C=C\C/C=C\C/C=C\C/C=C\CCCCCCCCCCCCCCCCCCC(=O)OCC(COC(=O)CCCCCCCCCCCC)OC(=O)CCCCCCCCCCCC/C=C\C/C=C\C/C=C\C/C=C\CC. The summed E-state index contributed by atoms with van der Waals surface area (Å²) in [5.74, 6) is -0.865. The summed E-state index contributed by atoms with van der Waals surface area (Å²) in [7, 11) is 0. The van der Waals surface area contributed by atoms with E-state index < -0.39 is 6.10 Å². The van der Waals surface area contributed by atoms with Crippen molar-refractivity contribution in [2.45, 2.75) is 341 Å². The Hall–Kier alpha value is -3.67. The third-order valence-electron chi connectivity index (χ3n) is 14.8. The van der Waals surface area contributed by atoms with Crippen LogP contribution in [0, 0.1) is 0 Å². The Morgan fingerprint density at radius 2 is 0.487 bits per heavy atom. The Morgan fingerprint density at radius 1 is 0.263 bits per heavy atom. The van der Waals surface area contributed by atoms with Crippen molar-refractivity contribution in [3.63, 3.8) is 0 Å². The van der Waals surface area contributed by atoms with Crippen LogP contribution in [0.15, 0.2) is 97.2 Å². The van der Waals surface area contributed by atoms with Gasteiger partial charge in [0, 0.05) is 19.3 Å². The topological polar surface area (TPSA) is 78.9 Å². The molecular formula is C74H128O6. The van der Waals surface area contributed by atoms with E-state index in [4.69, 9.17) is 14.2 Å². The number of carbonyl (C=O) groups excluding carboxylic acids is 3. The summed E-state index contributed by atoms with van der Waals surface area (Å²) in [5, 5.41) is 0. The van der Waals surface area contributed by atoms with Crippen molar-refractivity contribution in [3.05, 3.63) is 97.2 Å². The molecule has 0 amide bonds. The molecule has 0 rings (SSSR count). The maximum Gasteiger partial charge on any atom is 0.306 e. The summed E-state index contributed by atoms with van der Waals surface area (Å²) in [4.78, 5) is 38.3. The number of hydrogen-bond donors (Lipinski definition) is 0. The zero-order chi connectivity index (χ0) is 57.8. The summed E-state index contributed by atoms with van der Waals surface area (Å²) in [6.07, 6.45) is 91.5. The molecule has 0 aromatic heterocycles. The molecule has 6 nitrogen and oxygen atoms in total. The normalized spacial score (nSPS) is 12.7. The largest absolute Gasteiger partial charge is 0.462 e. The quantitative estimate of drug-likeness (QED) is 0.0261. The molecule has 0 aromatic carbocycles.